The van der Waals surface area contributed by atoms with Gasteiger partial charge in [0.15, 0.2) is 6.61 Å². The van der Waals surface area contributed by atoms with Crippen molar-refractivity contribution in [1.82, 2.24) is 5.32 Å². The van der Waals surface area contributed by atoms with E-state index in [1.165, 1.54) is 12.1 Å². The fraction of sp³-hybridized carbons (Fsp3) is 0.533. The van der Waals surface area contributed by atoms with Crippen LogP contribution in [0.5, 0.6) is 5.75 Å². The highest BCUT2D eigenvalue weighted by atomic mass is 35.5. The summed E-state index contributed by atoms with van der Waals surface area (Å²) >= 11 is 5.62. The number of hydrogen-bond acceptors (Lipinski definition) is 4. The molecule has 1 aliphatic carbocycles. The highest BCUT2D eigenvalue weighted by Gasteiger charge is 2.29. The molecule has 0 heterocycles. The van der Waals surface area contributed by atoms with E-state index in [-0.39, 0.29) is 17.4 Å². The first-order valence-electron chi connectivity index (χ1n) is 7.20. The molecule has 122 valence electrons. The largest absolute Gasteiger partial charge is 0.484 e. The second-order valence-corrected chi connectivity index (χ2v) is 5.79. The fourth-order valence-corrected chi connectivity index (χ4v) is 2.62. The summed E-state index contributed by atoms with van der Waals surface area (Å²) in [7, 11) is 0. The number of halogens is 2. The van der Waals surface area contributed by atoms with E-state index < -0.39 is 30.0 Å². The lowest BCUT2D eigenvalue weighted by atomic mass is 10.0. The minimum Gasteiger partial charge on any atom is -0.484 e. The molecule has 1 aromatic carbocycles. The van der Waals surface area contributed by atoms with E-state index in [2.05, 4.69) is 5.32 Å². The zero-order chi connectivity index (χ0) is 16.1. The lowest BCUT2D eigenvalue weighted by Crippen LogP contribution is -2.48. The maximum Gasteiger partial charge on any atom is 0.258 e. The van der Waals surface area contributed by atoms with Crippen molar-refractivity contribution in [2.45, 2.75) is 43.9 Å². The van der Waals surface area contributed by atoms with Gasteiger partial charge in [0.25, 0.3) is 5.91 Å². The van der Waals surface area contributed by atoms with Gasteiger partial charge in [0.1, 0.15) is 11.6 Å². The van der Waals surface area contributed by atoms with Crippen molar-refractivity contribution in [3.8, 4) is 5.75 Å². The van der Waals surface area contributed by atoms with Gasteiger partial charge >= 0.3 is 0 Å². The van der Waals surface area contributed by atoms with Crippen molar-refractivity contribution in [1.29, 1.82) is 0 Å². The zero-order valence-corrected chi connectivity index (χ0v) is 12.7. The summed E-state index contributed by atoms with van der Waals surface area (Å²) in [5.74, 6) is -0.698. The molecule has 0 aromatic heterocycles. The number of aliphatic hydroxyl groups excluding tert-OH is 2. The Labute approximate surface area is 133 Å². The highest BCUT2D eigenvalue weighted by molar-refractivity contribution is 6.30. The normalized spacial score (nSPS) is 25.4. The number of aliphatic hydroxyl groups is 2. The van der Waals surface area contributed by atoms with Crippen LogP contribution >= 0.6 is 11.6 Å². The van der Waals surface area contributed by atoms with Crippen molar-refractivity contribution >= 4 is 17.5 Å². The third kappa shape index (κ3) is 4.56. The van der Waals surface area contributed by atoms with Gasteiger partial charge < -0.3 is 20.3 Å². The molecule has 0 radical (unpaired) electrons. The third-order valence-corrected chi connectivity index (χ3v) is 3.97. The monoisotopic (exact) mass is 331 g/mol. The molecule has 0 spiro atoms. The van der Waals surface area contributed by atoms with Crippen LogP contribution in [-0.4, -0.2) is 41.0 Å². The summed E-state index contributed by atoms with van der Waals surface area (Å²) in [5, 5.41) is 22.2. The molecule has 7 heteroatoms. The van der Waals surface area contributed by atoms with Crippen LogP contribution in [0.1, 0.15) is 25.7 Å². The van der Waals surface area contributed by atoms with E-state index in [9.17, 15) is 19.4 Å². The lowest BCUT2D eigenvalue weighted by Gasteiger charge is -2.24. The van der Waals surface area contributed by atoms with Gasteiger partial charge in [0.05, 0.1) is 23.3 Å². The molecule has 0 bridgehead atoms. The second kappa shape index (κ2) is 7.76. The number of nitrogens with one attached hydrogen (secondary N) is 1. The topological polar surface area (TPSA) is 78.8 Å². The molecular formula is C15H19ClFNO4. The standard InChI is InChI=1S/C15H19ClFNO4/c16-10-7-9(5-6-11(10)17)22-8-14(20)18-12-3-1-2-4-13(19)15(12)21/h5-7,12-13,15,19,21H,1-4,8H2,(H,18,20)/t12-,13-,15-/m1/s1. The highest BCUT2D eigenvalue weighted by Crippen LogP contribution is 2.21. The summed E-state index contributed by atoms with van der Waals surface area (Å²) in [6.45, 7) is -0.277. The van der Waals surface area contributed by atoms with E-state index in [0.717, 1.165) is 18.9 Å². The molecule has 0 unspecified atom stereocenters. The molecule has 1 saturated carbocycles. The Morgan fingerprint density at radius 1 is 1.36 bits per heavy atom. The van der Waals surface area contributed by atoms with E-state index in [1.807, 2.05) is 0 Å². The van der Waals surface area contributed by atoms with Crippen LogP contribution in [-0.2, 0) is 4.79 Å². The van der Waals surface area contributed by atoms with Crippen molar-refractivity contribution < 1.29 is 24.1 Å². The first-order chi connectivity index (χ1) is 10.5. The van der Waals surface area contributed by atoms with Crippen LogP contribution in [0.4, 0.5) is 4.39 Å². The summed E-state index contributed by atoms with van der Waals surface area (Å²) in [4.78, 5) is 11.9. The predicted molar refractivity (Wildman–Crippen MR) is 79.3 cm³/mol. The molecule has 1 fully saturated rings. The second-order valence-electron chi connectivity index (χ2n) is 5.38. The van der Waals surface area contributed by atoms with E-state index in [4.69, 9.17) is 16.3 Å². The molecule has 5 nitrogen and oxygen atoms in total. The third-order valence-electron chi connectivity index (χ3n) is 3.68. The Morgan fingerprint density at radius 2 is 2.09 bits per heavy atom. The van der Waals surface area contributed by atoms with Gasteiger partial charge in [-0.2, -0.15) is 0 Å². The van der Waals surface area contributed by atoms with Gasteiger partial charge in [-0.15, -0.1) is 0 Å². The molecule has 22 heavy (non-hydrogen) atoms. The van der Waals surface area contributed by atoms with Gasteiger partial charge in [0, 0.05) is 6.07 Å². The van der Waals surface area contributed by atoms with Gasteiger partial charge in [-0.05, 0) is 25.0 Å². The van der Waals surface area contributed by atoms with Gasteiger partial charge in [-0.25, -0.2) is 4.39 Å². The van der Waals surface area contributed by atoms with Crippen LogP contribution in [0.2, 0.25) is 5.02 Å². The first-order valence-corrected chi connectivity index (χ1v) is 7.58. The molecule has 0 aliphatic heterocycles. The van der Waals surface area contributed by atoms with Crippen LogP contribution in [0.15, 0.2) is 18.2 Å². The maximum atomic E-state index is 13.0. The average Bonchev–Trinajstić information content (AvgIpc) is 2.64. The Morgan fingerprint density at radius 3 is 2.82 bits per heavy atom. The van der Waals surface area contributed by atoms with Crippen LogP contribution in [0.3, 0.4) is 0 Å². The zero-order valence-electron chi connectivity index (χ0n) is 12.0. The summed E-state index contributed by atoms with van der Waals surface area (Å²) < 4.78 is 18.2. The minimum absolute atomic E-state index is 0.0831. The molecule has 2 rings (SSSR count). The smallest absolute Gasteiger partial charge is 0.258 e. The van der Waals surface area contributed by atoms with Crippen molar-refractivity contribution in [3.05, 3.63) is 29.0 Å². The number of carbonyl (C=O) groups is 1. The number of hydrogen-bond donors (Lipinski definition) is 3. The molecule has 1 aromatic rings. The number of rotatable bonds is 4. The molecule has 0 saturated heterocycles. The van der Waals surface area contributed by atoms with E-state index in [1.54, 1.807) is 0 Å². The Bertz CT molecular complexity index is 528. The molecule has 1 amide bonds. The number of benzene rings is 1. The molecule has 3 atom stereocenters. The minimum atomic E-state index is -0.980. The van der Waals surface area contributed by atoms with E-state index >= 15 is 0 Å². The average molecular weight is 332 g/mol. The van der Waals surface area contributed by atoms with Crippen molar-refractivity contribution in [2.75, 3.05) is 6.61 Å². The quantitative estimate of drug-likeness (QED) is 0.733. The molecule has 1 aliphatic rings. The Kier molecular flexibility index (Phi) is 5.99. The van der Waals surface area contributed by atoms with Crippen LogP contribution < -0.4 is 10.1 Å². The number of ether oxygens (including phenoxy) is 1. The Balaban J connectivity index is 1.85. The molecule has 3 N–H and O–H groups in total. The number of carbonyl (C=O) groups excluding carboxylic acids is 1. The van der Waals surface area contributed by atoms with E-state index in [0.29, 0.717) is 12.8 Å². The number of amides is 1. The van der Waals surface area contributed by atoms with Crippen molar-refractivity contribution in [2.24, 2.45) is 0 Å². The van der Waals surface area contributed by atoms with Gasteiger partial charge in [-0.3, -0.25) is 4.79 Å². The summed E-state index contributed by atoms with van der Waals surface area (Å²) in [6.07, 6.45) is 0.962. The van der Waals surface area contributed by atoms with Crippen LogP contribution in [0.25, 0.3) is 0 Å². The Hall–Kier alpha value is -1.37. The summed E-state index contributed by atoms with van der Waals surface area (Å²) in [6, 6.07) is 3.32. The lowest BCUT2D eigenvalue weighted by molar-refractivity contribution is -0.125. The maximum absolute atomic E-state index is 13.0. The van der Waals surface area contributed by atoms with Gasteiger partial charge in [0.2, 0.25) is 0 Å². The first kappa shape index (κ1) is 17.0. The SMILES string of the molecule is O=C(COc1ccc(F)c(Cl)c1)N[C@@H]1CCCC[C@@H](O)[C@@H]1O. The fourth-order valence-electron chi connectivity index (χ4n) is 2.45. The predicted octanol–water partition coefficient (Wildman–Crippen LogP) is 1.64. The molecular weight excluding hydrogens is 313 g/mol. The van der Waals surface area contributed by atoms with Crippen molar-refractivity contribution in [3.63, 3.8) is 0 Å². The van der Waals surface area contributed by atoms with Crippen LogP contribution in [0, 0.1) is 5.82 Å². The van der Waals surface area contributed by atoms with Gasteiger partial charge in [-0.1, -0.05) is 24.4 Å². The summed E-state index contributed by atoms with van der Waals surface area (Å²) in [5.41, 5.74) is 0.